The van der Waals surface area contributed by atoms with Crippen LogP contribution in [0, 0.1) is 12.3 Å². The third kappa shape index (κ3) is 1.33. The standard InChI is InChI=1S/C6H6N2O2S/c1-2-3-4(6(9)10)11-8-5(3)7/h1,6,9-10H,(H2,7,8). The minimum Gasteiger partial charge on any atom is -0.382 e. The maximum Gasteiger partial charge on any atom is 0.190 e. The predicted octanol–water partition coefficient (Wildman–Crippen LogP) is -0.310. The summed E-state index contributed by atoms with van der Waals surface area (Å²) >= 11 is 0.891. The molecule has 0 radical (unpaired) electrons. The molecule has 0 atom stereocenters. The summed E-state index contributed by atoms with van der Waals surface area (Å²) < 4.78 is 3.67. The van der Waals surface area contributed by atoms with E-state index in [0.717, 1.165) is 11.5 Å². The fourth-order valence-electron chi connectivity index (χ4n) is 0.637. The van der Waals surface area contributed by atoms with E-state index in [1.165, 1.54) is 0 Å². The van der Waals surface area contributed by atoms with Gasteiger partial charge in [0, 0.05) is 0 Å². The maximum absolute atomic E-state index is 8.72. The van der Waals surface area contributed by atoms with Crippen LogP contribution < -0.4 is 5.73 Å². The second-order valence-corrected chi connectivity index (χ2v) is 2.63. The number of nitrogens with two attached hydrogens (primary N) is 1. The molecule has 1 aromatic heterocycles. The number of terminal acetylenes is 1. The molecule has 5 heteroatoms. The van der Waals surface area contributed by atoms with Crippen molar-refractivity contribution < 1.29 is 10.2 Å². The number of aromatic nitrogens is 1. The first-order chi connectivity index (χ1) is 5.16. The number of hydrogen-bond donors (Lipinski definition) is 3. The van der Waals surface area contributed by atoms with Gasteiger partial charge in [-0.2, -0.15) is 4.37 Å². The summed E-state index contributed by atoms with van der Waals surface area (Å²) in [6, 6.07) is 0. The molecule has 0 bridgehead atoms. The number of anilines is 1. The van der Waals surface area contributed by atoms with Crippen molar-refractivity contribution in [1.29, 1.82) is 0 Å². The molecule has 0 aliphatic heterocycles. The van der Waals surface area contributed by atoms with Gasteiger partial charge in [-0.25, -0.2) is 0 Å². The Labute approximate surface area is 67.5 Å². The Balaban J connectivity index is 3.19. The zero-order valence-corrected chi connectivity index (χ0v) is 6.30. The highest BCUT2D eigenvalue weighted by Crippen LogP contribution is 2.24. The highest BCUT2D eigenvalue weighted by atomic mass is 32.1. The molecule has 0 spiro atoms. The Morgan fingerprint density at radius 3 is 2.64 bits per heavy atom. The molecule has 0 aliphatic carbocycles. The van der Waals surface area contributed by atoms with Crippen LogP contribution in [0.4, 0.5) is 5.82 Å². The van der Waals surface area contributed by atoms with Gasteiger partial charge in [0.15, 0.2) is 12.1 Å². The zero-order valence-electron chi connectivity index (χ0n) is 5.48. The van der Waals surface area contributed by atoms with E-state index in [0.29, 0.717) is 0 Å². The molecule has 0 unspecified atom stereocenters. The lowest BCUT2D eigenvalue weighted by atomic mass is 10.2. The van der Waals surface area contributed by atoms with E-state index in [1.54, 1.807) is 0 Å². The molecule has 0 saturated heterocycles. The SMILES string of the molecule is C#Cc1c(N)nsc1C(O)O. The topological polar surface area (TPSA) is 79.4 Å². The molecule has 1 heterocycles. The summed E-state index contributed by atoms with van der Waals surface area (Å²) in [4.78, 5) is 0.213. The van der Waals surface area contributed by atoms with Gasteiger partial charge in [-0.15, -0.1) is 6.42 Å². The molecule has 0 amide bonds. The predicted molar refractivity (Wildman–Crippen MR) is 41.6 cm³/mol. The van der Waals surface area contributed by atoms with Crippen molar-refractivity contribution in [3.05, 3.63) is 10.4 Å². The summed E-state index contributed by atoms with van der Waals surface area (Å²) in [5.41, 5.74) is 5.59. The first-order valence-electron chi connectivity index (χ1n) is 2.74. The molecule has 4 N–H and O–H groups in total. The van der Waals surface area contributed by atoms with Crippen molar-refractivity contribution >= 4 is 17.4 Å². The summed E-state index contributed by atoms with van der Waals surface area (Å²) in [6.07, 6.45) is 3.46. The van der Waals surface area contributed by atoms with E-state index in [1.807, 2.05) is 0 Å². The quantitative estimate of drug-likeness (QED) is 0.399. The maximum atomic E-state index is 8.72. The summed E-state index contributed by atoms with van der Waals surface area (Å²) in [5, 5.41) is 17.4. The monoisotopic (exact) mass is 170 g/mol. The average Bonchev–Trinajstić information content (AvgIpc) is 2.30. The van der Waals surface area contributed by atoms with Crippen LogP contribution in [0.25, 0.3) is 0 Å². The van der Waals surface area contributed by atoms with E-state index in [4.69, 9.17) is 22.4 Å². The first kappa shape index (κ1) is 8.01. The van der Waals surface area contributed by atoms with Crippen LogP contribution in [0.5, 0.6) is 0 Å². The van der Waals surface area contributed by atoms with E-state index >= 15 is 0 Å². The summed E-state index contributed by atoms with van der Waals surface area (Å²) in [6.45, 7) is 0. The van der Waals surface area contributed by atoms with Crippen LogP contribution in [0.1, 0.15) is 16.7 Å². The largest absolute Gasteiger partial charge is 0.382 e. The Bertz CT molecular complexity index is 300. The van der Waals surface area contributed by atoms with Gasteiger partial charge in [0.05, 0.1) is 10.4 Å². The lowest BCUT2D eigenvalue weighted by Crippen LogP contribution is -1.95. The van der Waals surface area contributed by atoms with Crippen molar-refractivity contribution in [2.75, 3.05) is 5.73 Å². The molecule has 1 rings (SSSR count). The molecular formula is C6H6N2O2S. The minimum atomic E-state index is -1.59. The smallest absolute Gasteiger partial charge is 0.190 e. The fraction of sp³-hybridized carbons (Fsp3) is 0.167. The molecule has 11 heavy (non-hydrogen) atoms. The summed E-state index contributed by atoms with van der Waals surface area (Å²) in [5.74, 6) is 2.40. The van der Waals surface area contributed by atoms with Crippen LogP contribution in [-0.2, 0) is 0 Å². The van der Waals surface area contributed by atoms with E-state index < -0.39 is 6.29 Å². The molecule has 58 valence electrons. The number of aliphatic hydroxyl groups is 2. The Kier molecular flexibility index (Phi) is 2.10. The van der Waals surface area contributed by atoms with Crippen molar-refractivity contribution in [3.63, 3.8) is 0 Å². The number of nitrogen functional groups attached to an aromatic ring is 1. The zero-order chi connectivity index (χ0) is 8.43. The lowest BCUT2D eigenvalue weighted by molar-refractivity contribution is -0.0396. The minimum absolute atomic E-state index is 0.167. The third-order valence-corrected chi connectivity index (χ3v) is 2.02. The second-order valence-electron chi connectivity index (χ2n) is 1.83. The van der Waals surface area contributed by atoms with Crippen molar-refractivity contribution in [2.24, 2.45) is 0 Å². The van der Waals surface area contributed by atoms with Crippen molar-refractivity contribution in [2.45, 2.75) is 6.29 Å². The van der Waals surface area contributed by atoms with Crippen LogP contribution >= 0.6 is 11.5 Å². The van der Waals surface area contributed by atoms with Crippen LogP contribution in [0.15, 0.2) is 0 Å². The third-order valence-electron chi connectivity index (χ3n) is 1.12. The Morgan fingerprint density at radius 1 is 1.64 bits per heavy atom. The van der Waals surface area contributed by atoms with E-state index in [2.05, 4.69) is 10.3 Å². The molecule has 0 aromatic carbocycles. The Hall–Kier alpha value is -1.09. The first-order valence-corrected chi connectivity index (χ1v) is 3.52. The Morgan fingerprint density at radius 2 is 2.27 bits per heavy atom. The lowest BCUT2D eigenvalue weighted by Gasteiger charge is -1.97. The van der Waals surface area contributed by atoms with Gasteiger partial charge in [0.25, 0.3) is 0 Å². The highest BCUT2D eigenvalue weighted by Gasteiger charge is 2.14. The fourth-order valence-corrected chi connectivity index (χ4v) is 1.27. The molecule has 0 saturated carbocycles. The van der Waals surface area contributed by atoms with Gasteiger partial charge in [0.1, 0.15) is 0 Å². The van der Waals surface area contributed by atoms with Gasteiger partial charge in [-0.05, 0) is 11.5 Å². The molecule has 0 fully saturated rings. The molecule has 4 nitrogen and oxygen atoms in total. The van der Waals surface area contributed by atoms with E-state index in [9.17, 15) is 0 Å². The van der Waals surface area contributed by atoms with Gasteiger partial charge in [0.2, 0.25) is 0 Å². The number of aliphatic hydroxyl groups excluding tert-OH is 1. The van der Waals surface area contributed by atoms with Gasteiger partial charge in [-0.1, -0.05) is 5.92 Å². The van der Waals surface area contributed by atoms with Crippen LogP contribution in [-0.4, -0.2) is 14.6 Å². The average molecular weight is 170 g/mol. The van der Waals surface area contributed by atoms with Gasteiger partial charge >= 0.3 is 0 Å². The van der Waals surface area contributed by atoms with Gasteiger partial charge in [-0.3, -0.25) is 0 Å². The van der Waals surface area contributed by atoms with E-state index in [-0.39, 0.29) is 16.3 Å². The normalized spacial score (nSPS) is 10.0. The van der Waals surface area contributed by atoms with Gasteiger partial charge < -0.3 is 15.9 Å². The molecule has 0 aliphatic rings. The van der Waals surface area contributed by atoms with Crippen LogP contribution in [0.2, 0.25) is 0 Å². The summed E-state index contributed by atoms with van der Waals surface area (Å²) in [7, 11) is 0. The highest BCUT2D eigenvalue weighted by molar-refractivity contribution is 7.06. The molecular weight excluding hydrogens is 164 g/mol. The molecule has 1 aromatic rings. The number of rotatable bonds is 1. The number of hydrogen-bond acceptors (Lipinski definition) is 5. The number of nitrogens with zero attached hydrogens (tertiary/aromatic N) is 1. The van der Waals surface area contributed by atoms with Crippen LogP contribution in [0.3, 0.4) is 0 Å². The van der Waals surface area contributed by atoms with Crippen molar-refractivity contribution in [1.82, 2.24) is 4.37 Å². The second kappa shape index (κ2) is 2.88. The van der Waals surface area contributed by atoms with Crippen molar-refractivity contribution in [3.8, 4) is 12.3 Å².